The zero-order chi connectivity index (χ0) is 29.2. The smallest absolute Gasteiger partial charge is 0.458 e. The number of hydrogen-bond acceptors (Lipinski definition) is 8. The van der Waals surface area contributed by atoms with Crippen molar-refractivity contribution in [1.29, 1.82) is 0 Å². The Bertz CT molecular complexity index is 901. The summed E-state index contributed by atoms with van der Waals surface area (Å²) in [4.78, 5) is 39.7. The van der Waals surface area contributed by atoms with Crippen LogP contribution in [0.2, 0.25) is 0 Å². The molecule has 3 atom stereocenters. The predicted octanol–water partition coefficient (Wildman–Crippen LogP) is 7.36. The molecule has 8 heteroatoms. The van der Waals surface area contributed by atoms with Crippen LogP contribution in [0.4, 0.5) is 9.59 Å². The van der Waals surface area contributed by atoms with Crippen LogP contribution in [-0.4, -0.2) is 46.3 Å². The van der Waals surface area contributed by atoms with Crippen LogP contribution in [0.25, 0.3) is 0 Å². The number of ether oxygens (including phenoxy) is 5. The molecule has 0 spiro atoms. The molecule has 0 heterocycles. The van der Waals surface area contributed by atoms with Crippen molar-refractivity contribution in [2.45, 2.75) is 150 Å². The van der Waals surface area contributed by atoms with Gasteiger partial charge in [-0.15, -0.1) is 0 Å². The van der Waals surface area contributed by atoms with E-state index in [1.54, 1.807) is 41.5 Å². The Hall–Kier alpha value is -1.99. The summed E-state index contributed by atoms with van der Waals surface area (Å²) in [5.41, 5.74) is -5.42. The first-order valence-electron chi connectivity index (χ1n) is 14.0. The fraction of sp³-hybridized carbons (Fsp3) is 0.900. The van der Waals surface area contributed by atoms with Crippen molar-refractivity contribution in [2.75, 3.05) is 0 Å². The van der Waals surface area contributed by atoms with Crippen LogP contribution in [-0.2, 0) is 28.5 Å². The number of hydrogen-bond donors (Lipinski definition) is 0. The molecule has 0 amide bonds. The lowest BCUT2D eigenvalue weighted by molar-refractivity contribution is -0.272. The third kappa shape index (κ3) is 6.25. The monoisotopic (exact) mass is 538 g/mol. The fourth-order valence-electron chi connectivity index (χ4n) is 7.12. The lowest BCUT2D eigenvalue weighted by Gasteiger charge is -2.63. The van der Waals surface area contributed by atoms with E-state index in [1.165, 1.54) is 0 Å². The molecule has 4 rings (SSSR count). The Balaban J connectivity index is 1.98. The lowest BCUT2D eigenvalue weighted by atomic mass is 9.50. The van der Waals surface area contributed by atoms with E-state index in [-0.39, 0.29) is 23.2 Å². The Labute approximate surface area is 228 Å². The van der Waals surface area contributed by atoms with Crippen LogP contribution in [0, 0.1) is 22.7 Å². The van der Waals surface area contributed by atoms with Crippen molar-refractivity contribution < 1.29 is 38.1 Å². The standard InChI is InChI=1S/C30H50O8/c1-19(2)27(12,24(3,4)5)21(31)34-28-13-20-14-29(16-28,37-22(32)35-25(6,7)8)18-30(15-20,17-28)38-23(33)36-26(9,10)11/h19-20H,13-18H2,1-12H3. The van der Waals surface area contributed by atoms with Gasteiger partial charge in [-0.1, -0.05) is 34.6 Å². The summed E-state index contributed by atoms with van der Waals surface area (Å²) in [7, 11) is 0. The highest BCUT2D eigenvalue weighted by molar-refractivity contribution is 5.78. The van der Waals surface area contributed by atoms with Gasteiger partial charge in [-0.3, -0.25) is 4.79 Å². The topological polar surface area (TPSA) is 97.4 Å². The minimum absolute atomic E-state index is 0.0304. The Morgan fingerprint density at radius 2 is 0.974 bits per heavy atom. The van der Waals surface area contributed by atoms with Crippen LogP contribution < -0.4 is 0 Å². The minimum Gasteiger partial charge on any atom is -0.458 e. The summed E-state index contributed by atoms with van der Waals surface area (Å²) in [6.07, 6.45) is 1.31. The Morgan fingerprint density at radius 1 is 0.632 bits per heavy atom. The van der Waals surface area contributed by atoms with E-state index in [9.17, 15) is 14.4 Å². The Morgan fingerprint density at radius 3 is 1.26 bits per heavy atom. The second kappa shape index (κ2) is 9.29. The molecule has 0 aromatic heterocycles. The van der Waals surface area contributed by atoms with E-state index in [0.717, 1.165) is 0 Å². The maximum absolute atomic E-state index is 14.0. The van der Waals surface area contributed by atoms with E-state index in [2.05, 4.69) is 0 Å². The van der Waals surface area contributed by atoms with Gasteiger partial charge >= 0.3 is 18.3 Å². The van der Waals surface area contributed by atoms with Crippen molar-refractivity contribution in [3.05, 3.63) is 0 Å². The van der Waals surface area contributed by atoms with Gasteiger partial charge in [-0.25, -0.2) is 9.59 Å². The molecule has 0 aromatic rings. The zero-order valence-electron chi connectivity index (χ0n) is 25.7. The molecule has 38 heavy (non-hydrogen) atoms. The third-order valence-corrected chi connectivity index (χ3v) is 8.74. The van der Waals surface area contributed by atoms with Crippen LogP contribution in [0.15, 0.2) is 0 Å². The van der Waals surface area contributed by atoms with Gasteiger partial charge < -0.3 is 23.7 Å². The molecule has 8 nitrogen and oxygen atoms in total. The molecule has 4 fully saturated rings. The van der Waals surface area contributed by atoms with Gasteiger partial charge in [0.1, 0.15) is 28.0 Å². The first kappa shape index (κ1) is 30.6. The lowest BCUT2D eigenvalue weighted by Crippen LogP contribution is -2.69. The molecular formula is C30H50O8. The fourth-order valence-corrected chi connectivity index (χ4v) is 7.12. The van der Waals surface area contributed by atoms with Gasteiger partial charge in [0.2, 0.25) is 0 Å². The van der Waals surface area contributed by atoms with Gasteiger partial charge in [0.15, 0.2) is 0 Å². The van der Waals surface area contributed by atoms with Gasteiger partial charge in [0, 0.05) is 19.3 Å². The summed E-state index contributed by atoms with van der Waals surface area (Å²) >= 11 is 0. The zero-order valence-corrected chi connectivity index (χ0v) is 25.7. The van der Waals surface area contributed by atoms with Crippen molar-refractivity contribution in [1.82, 2.24) is 0 Å². The molecular weight excluding hydrogens is 488 g/mol. The highest BCUT2D eigenvalue weighted by atomic mass is 16.8. The SMILES string of the molecule is CC(C)C(C)(C(=O)OC12CC3CC(OC(=O)OC(C)(C)C)(CC(OC(=O)OC(C)(C)C)(C3)C1)C2)C(C)(C)C. The quantitative estimate of drug-likeness (QED) is 0.265. The average Bonchev–Trinajstić information content (AvgIpc) is 2.59. The number of carbonyl (C=O) groups is 3. The van der Waals surface area contributed by atoms with Gasteiger partial charge in [0.05, 0.1) is 5.41 Å². The van der Waals surface area contributed by atoms with Crippen molar-refractivity contribution in [3.63, 3.8) is 0 Å². The Kier molecular flexibility index (Phi) is 7.47. The summed E-state index contributed by atoms with van der Waals surface area (Å²) < 4.78 is 29.6. The molecule has 4 aliphatic carbocycles. The van der Waals surface area contributed by atoms with Crippen LogP contribution in [0.5, 0.6) is 0 Å². The van der Waals surface area contributed by atoms with Gasteiger partial charge in [0.25, 0.3) is 0 Å². The van der Waals surface area contributed by atoms with Crippen LogP contribution in [0.1, 0.15) is 122 Å². The molecule has 4 saturated carbocycles. The first-order chi connectivity index (χ1) is 16.9. The molecule has 218 valence electrons. The molecule has 3 unspecified atom stereocenters. The highest BCUT2D eigenvalue weighted by Crippen LogP contribution is 2.64. The van der Waals surface area contributed by atoms with E-state index in [0.29, 0.717) is 38.5 Å². The first-order valence-corrected chi connectivity index (χ1v) is 14.0. The summed E-state index contributed by atoms with van der Waals surface area (Å²) in [5, 5.41) is 0. The normalized spacial score (nSPS) is 32.4. The molecule has 4 bridgehead atoms. The van der Waals surface area contributed by atoms with E-state index >= 15 is 0 Å². The number of carbonyl (C=O) groups excluding carboxylic acids is 3. The van der Waals surface area contributed by atoms with E-state index < -0.39 is 45.7 Å². The predicted molar refractivity (Wildman–Crippen MR) is 143 cm³/mol. The molecule has 0 aliphatic heterocycles. The number of esters is 1. The molecule has 0 N–H and O–H groups in total. The van der Waals surface area contributed by atoms with Crippen LogP contribution in [0.3, 0.4) is 0 Å². The van der Waals surface area contributed by atoms with Crippen LogP contribution >= 0.6 is 0 Å². The maximum atomic E-state index is 14.0. The molecule has 4 aliphatic rings. The summed E-state index contributed by atoms with van der Waals surface area (Å²) in [5.74, 6) is -0.200. The second-order valence-electron chi connectivity index (χ2n) is 15.7. The highest BCUT2D eigenvalue weighted by Gasteiger charge is 2.69. The third-order valence-electron chi connectivity index (χ3n) is 8.74. The van der Waals surface area contributed by atoms with Gasteiger partial charge in [-0.05, 0) is 85.0 Å². The van der Waals surface area contributed by atoms with Gasteiger partial charge in [-0.2, -0.15) is 0 Å². The van der Waals surface area contributed by atoms with E-state index in [1.807, 2.05) is 41.5 Å². The molecule has 0 radical (unpaired) electrons. The maximum Gasteiger partial charge on any atom is 0.509 e. The van der Waals surface area contributed by atoms with Crippen molar-refractivity contribution in [2.24, 2.45) is 22.7 Å². The summed E-state index contributed by atoms with van der Waals surface area (Å²) in [6.45, 7) is 22.9. The molecule has 0 aromatic carbocycles. The average molecular weight is 539 g/mol. The molecule has 0 saturated heterocycles. The number of rotatable bonds is 5. The van der Waals surface area contributed by atoms with Crippen molar-refractivity contribution >= 4 is 18.3 Å². The minimum atomic E-state index is -0.972. The largest absolute Gasteiger partial charge is 0.509 e. The summed E-state index contributed by atoms with van der Waals surface area (Å²) in [6, 6.07) is 0. The van der Waals surface area contributed by atoms with Crippen molar-refractivity contribution in [3.8, 4) is 0 Å². The van der Waals surface area contributed by atoms with E-state index in [4.69, 9.17) is 23.7 Å². The second-order valence-corrected chi connectivity index (χ2v) is 15.7.